The maximum absolute atomic E-state index is 12.3. The standard InChI is InChI=1S/C25H32N8O/c1-18-16-27-17-32(18)12-5-10-29-25(34)30-21-7-8-23-22(15-21)19(2)31-33(23)13-4-3-6-20-9-11-28-24(26)14-20/h7-9,11,14-17H,3-6,10,12-13H2,1-2H3,(H2,26,28)(H2,29,30,34). The van der Waals surface area contributed by atoms with E-state index in [1.54, 1.807) is 6.20 Å². The van der Waals surface area contributed by atoms with Gasteiger partial charge in [0.25, 0.3) is 0 Å². The number of benzene rings is 1. The maximum atomic E-state index is 12.3. The van der Waals surface area contributed by atoms with Crippen LogP contribution in [0.15, 0.2) is 49.1 Å². The Bertz CT molecular complexity index is 1260. The quantitative estimate of drug-likeness (QED) is 0.309. The zero-order valence-corrected chi connectivity index (χ0v) is 19.8. The summed E-state index contributed by atoms with van der Waals surface area (Å²) in [5, 5.41) is 11.6. The molecule has 34 heavy (non-hydrogen) atoms. The highest BCUT2D eigenvalue weighted by Crippen LogP contribution is 2.23. The van der Waals surface area contributed by atoms with Gasteiger partial charge in [0, 0.05) is 48.8 Å². The van der Waals surface area contributed by atoms with E-state index in [9.17, 15) is 4.79 Å². The number of nitrogen functional groups attached to an aromatic ring is 1. The second kappa shape index (κ2) is 10.8. The summed E-state index contributed by atoms with van der Waals surface area (Å²) in [5.41, 5.74) is 10.9. The molecule has 0 spiro atoms. The van der Waals surface area contributed by atoms with Crippen LogP contribution in [0.2, 0.25) is 0 Å². The molecule has 0 fully saturated rings. The van der Waals surface area contributed by atoms with Crippen LogP contribution >= 0.6 is 0 Å². The van der Waals surface area contributed by atoms with Crippen molar-refractivity contribution in [2.75, 3.05) is 17.6 Å². The van der Waals surface area contributed by atoms with Gasteiger partial charge in [-0.1, -0.05) is 0 Å². The minimum atomic E-state index is -0.205. The van der Waals surface area contributed by atoms with E-state index < -0.39 is 0 Å². The topological polar surface area (TPSA) is 116 Å². The van der Waals surface area contributed by atoms with Crippen LogP contribution in [0.1, 0.15) is 36.2 Å². The van der Waals surface area contributed by atoms with E-state index in [2.05, 4.69) is 25.2 Å². The van der Waals surface area contributed by atoms with Crippen molar-refractivity contribution >= 4 is 28.4 Å². The van der Waals surface area contributed by atoms with Gasteiger partial charge in [0.2, 0.25) is 0 Å². The average molecular weight is 461 g/mol. The van der Waals surface area contributed by atoms with Gasteiger partial charge in [-0.15, -0.1) is 0 Å². The molecule has 3 heterocycles. The van der Waals surface area contributed by atoms with Gasteiger partial charge in [0.05, 0.1) is 17.5 Å². The Labute approximate surface area is 199 Å². The van der Waals surface area contributed by atoms with Crippen LogP contribution in [0.3, 0.4) is 0 Å². The molecule has 9 heteroatoms. The maximum Gasteiger partial charge on any atom is 0.319 e. The lowest BCUT2D eigenvalue weighted by Crippen LogP contribution is -2.30. The molecule has 4 rings (SSSR count). The molecular weight excluding hydrogens is 428 g/mol. The summed E-state index contributed by atoms with van der Waals surface area (Å²) < 4.78 is 4.12. The third-order valence-electron chi connectivity index (χ3n) is 5.91. The number of hydrogen-bond donors (Lipinski definition) is 3. The first-order valence-electron chi connectivity index (χ1n) is 11.7. The van der Waals surface area contributed by atoms with Crippen molar-refractivity contribution < 1.29 is 4.79 Å². The Morgan fingerprint density at radius 3 is 2.76 bits per heavy atom. The molecule has 4 aromatic rings. The Hall–Kier alpha value is -3.88. The van der Waals surface area contributed by atoms with E-state index in [0.717, 1.165) is 66.8 Å². The molecule has 0 atom stereocenters. The summed E-state index contributed by atoms with van der Waals surface area (Å²) in [4.78, 5) is 20.5. The van der Waals surface area contributed by atoms with Crippen LogP contribution < -0.4 is 16.4 Å². The molecule has 4 N–H and O–H groups in total. The molecule has 9 nitrogen and oxygen atoms in total. The molecule has 0 saturated carbocycles. The number of unbranched alkanes of at least 4 members (excludes halogenated alkanes) is 1. The van der Waals surface area contributed by atoms with E-state index >= 15 is 0 Å². The Balaban J connectivity index is 1.26. The summed E-state index contributed by atoms with van der Waals surface area (Å²) in [5.74, 6) is 0.564. The second-order valence-corrected chi connectivity index (χ2v) is 8.55. The predicted molar refractivity (Wildman–Crippen MR) is 135 cm³/mol. The number of aryl methyl sites for hydroxylation is 5. The van der Waals surface area contributed by atoms with Gasteiger partial charge in [0.15, 0.2) is 0 Å². The molecule has 0 radical (unpaired) electrons. The Kier molecular flexibility index (Phi) is 7.41. The number of pyridine rings is 1. The Morgan fingerprint density at radius 1 is 1.09 bits per heavy atom. The highest BCUT2D eigenvalue weighted by atomic mass is 16.2. The predicted octanol–water partition coefficient (Wildman–Crippen LogP) is 4.06. The highest BCUT2D eigenvalue weighted by Gasteiger charge is 2.10. The smallest absolute Gasteiger partial charge is 0.319 e. The zero-order chi connectivity index (χ0) is 23.9. The molecule has 0 aliphatic carbocycles. The second-order valence-electron chi connectivity index (χ2n) is 8.55. The van der Waals surface area contributed by atoms with Gasteiger partial charge in [-0.25, -0.2) is 14.8 Å². The summed E-state index contributed by atoms with van der Waals surface area (Å²) in [7, 11) is 0. The molecule has 0 saturated heterocycles. The van der Waals surface area contributed by atoms with Gasteiger partial charge in [0.1, 0.15) is 5.82 Å². The minimum absolute atomic E-state index is 0.205. The van der Waals surface area contributed by atoms with Crippen molar-refractivity contribution in [1.82, 2.24) is 29.6 Å². The number of fused-ring (bicyclic) bond motifs is 1. The molecule has 0 unspecified atom stereocenters. The number of amides is 2. The lowest BCUT2D eigenvalue weighted by Gasteiger charge is -2.09. The Morgan fingerprint density at radius 2 is 1.97 bits per heavy atom. The normalized spacial score (nSPS) is 11.1. The van der Waals surface area contributed by atoms with E-state index in [1.165, 1.54) is 5.56 Å². The first kappa shape index (κ1) is 23.3. The monoisotopic (exact) mass is 460 g/mol. The van der Waals surface area contributed by atoms with Crippen molar-refractivity contribution in [3.05, 3.63) is 66.0 Å². The number of nitrogens with two attached hydrogens (primary N) is 1. The number of urea groups is 1. The summed E-state index contributed by atoms with van der Waals surface area (Å²) >= 11 is 0. The van der Waals surface area contributed by atoms with Crippen molar-refractivity contribution in [2.45, 2.75) is 52.6 Å². The summed E-state index contributed by atoms with van der Waals surface area (Å²) in [6.45, 7) is 6.28. The minimum Gasteiger partial charge on any atom is -0.384 e. The largest absolute Gasteiger partial charge is 0.384 e. The number of anilines is 2. The summed E-state index contributed by atoms with van der Waals surface area (Å²) in [6.07, 6.45) is 9.26. The first-order chi connectivity index (χ1) is 16.5. The number of rotatable bonds is 10. The van der Waals surface area contributed by atoms with Crippen molar-refractivity contribution in [3.63, 3.8) is 0 Å². The van der Waals surface area contributed by atoms with E-state index in [-0.39, 0.29) is 6.03 Å². The van der Waals surface area contributed by atoms with E-state index in [1.807, 2.05) is 61.4 Å². The van der Waals surface area contributed by atoms with Crippen molar-refractivity contribution in [1.29, 1.82) is 0 Å². The first-order valence-corrected chi connectivity index (χ1v) is 11.7. The third-order valence-corrected chi connectivity index (χ3v) is 5.91. The van der Waals surface area contributed by atoms with E-state index in [4.69, 9.17) is 10.8 Å². The molecule has 0 aliphatic heterocycles. The summed E-state index contributed by atoms with van der Waals surface area (Å²) in [6, 6.07) is 9.67. The fraction of sp³-hybridized carbons (Fsp3) is 0.360. The highest BCUT2D eigenvalue weighted by molar-refractivity contribution is 5.93. The molecule has 1 aromatic carbocycles. The number of aromatic nitrogens is 5. The molecular formula is C25H32N8O. The fourth-order valence-corrected chi connectivity index (χ4v) is 4.08. The lowest BCUT2D eigenvalue weighted by atomic mass is 10.1. The van der Waals surface area contributed by atoms with Crippen LogP contribution in [0.25, 0.3) is 10.9 Å². The zero-order valence-electron chi connectivity index (χ0n) is 19.8. The van der Waals surface area contributed by atoms with Crippen molar-refractivity contribution in [3.8, 4) is 0 Å². The van der Waals surface area contributed by atoms with Gasteiger partial charge >= 0.3 is 6.03 Å². The number of carbonyl (C=O) groups excluding carboxylic acids is 1. The molecule has 3 aromatic heterocycles. The number of nitrogens with one attached hydrogen (secondary N) is 2. The van der Waals surface area contributed by atoms with E-state index in [0.29, 0.717) is 12.4 Å². The molecule has 0 bridgehead atoms. The SMILES string of the molecule is Cc1nn(CCCCc2ccnc(N)c2)c2ccc(NC(=O)NCCCn3cncc3C)cc12. The van der Waals surface area contributed by atoms with Crippen LogP contribution in [-0.2, 0) is 19.5 Å². The molecule has 178 valence electrons. The van der Waals surface area contributed by atoms with Gasteiger partial charge in [-0.05, 0) is 75.4 Å². The lowest BCUT2D eigenvalue weighted by molar-refractivity contribution is 0.252. The average Bonchev–Trinajstić information content (AvgIpc) is 3.36. The van der Waals surface area contributed by atoms with Gasteiger partial charge in [-0.3, -0.25) is 4.68 Å². The van der Waals surface area contributed by atoms with Crippen LogP contribution in [-0.4, -0.2) is 36.9 Å². The number of carbonyl (C=O) groups is 1. The van der Waals surface area contributed by atoms with Crippen LogP contribution in [0.5, 0.6) is 0 Å². The number of hydrogen-bond acceptors (Lipinski definition) is 5. The molecule has 0 aliphatic rings. The van der Waals surface area contributed by atoms with Crippen molar-refractivity contribution in [2.24, 2.45) is 0 Å². The van der Waals surface area contributed by atoms with Gasteiger partial charge in [-0.2, -0.15) is 5.10 Å². The van der Waals surface area contributed by atoms with Gasteiger partial charge < -0.3 is 20.9 Å². The number of nitrogens with zero attached hydrogens (tertiary/aromatic N) is 5. The molecule has 2 amide bonds. The van der Waals surface area contributed by atoms with Crippen LogP contribution in [0, 0.1) is 13.8 Å². The third kappa shape index (κ3) is 5.92. The van der Waals surface area contributed by atoms with Crippen LogP contribution in [0.4, 0.5) is 16.3 Å². The fourth-order valence-electron chi connectivity index (χ4n) is 4.08. The number of imidazole rings is 1.